The number of hydrogen-bond acceptors (Lipinski definition) is 5. The van der Waals surface area contributed by atoms with Crippen molar-refractivity contribution in [3.63, 3.8) is 0 Å². The van der Waals surface area contributed by atoms with Crippen LogP contribution in [0.25, 0.3) is 0 Å². The maximum Gasteiger partial charge on any atom is 0.387 e. The Morgan fingerprint density at radius 3 is 2.90 bits per heavy atom. The van der Waals surface area contributed by atoms with Crippen molar-refractivity contribution in [2.45, 2.75) is 12.7 Å². The first-order valence-corrected chi connectivity index (χ1v) is 6.36. The highest BCUT2D eigenvalue weighted by molar-refractivity contribution is 5.94. The van der Waals surface area contributed by atoms with E-state index >= 15 is 0 Å². The van der Waals surface area contributed by atoms with Gasteiger partial charge >= 0.3 is 6.61 Å². The maximum absolute atomic E-state index is 12.3. The summed E-state index contributed by atoms with van der Waals surface area (Å²) in [6, 6.07) is 4.25. The first-order chi connectivity index (χ1) is 10.1. The van der Waals surface area contributed by atoms with E-state index in [1.54, 1.807) is 0 Å². The third-order valence-corrected chi connectivity index (χ3v) is 2.87. The maximum atomic E-state index is 12.3. The molecule has 2 N–H and O–H groups in total. The highest BCUT2D eigenvalue weighted by Crippen LogP contribution is 2.31. The lowest BCUT2D eigenvalue weighted by atomic mass is 10.2. The highest BCUT2D eigenvalue weighted by Gasteiger charge is 2.22. The standard InChI is InChI=1S/C13H16F2N2O4/c1-19-9-3-2-8(6-10(9)21-13(14)15)17-12(18)11-7-16-4-5-20-11/h2-3,6,11,13,16H,4-5,7H2,1H3,(H,17,18). The number of morpholine rings is 1. The number of halogens is 2. The molecule has 0 bridgehead atoms. The molecule has 8 heteroatoms. The molecule has 1 saturated heterocycles. The Kier molecular flexibility index (Phi) is 5.29. The molecule has 116 valence electrons. The van der Waals surface area contributed by atoms with Gasteiger partial charge in [0.05, 0.1) is 13.7 Å². The normalized spacial score (nSPS) is 18.4. The van der Waals surface area contributed by atoms with Crippen LogP contribution in [0.3, 0.4) is 0 Å². The molecule has 0 saturated carbocycles. The summed E-state index contributed by atoms with van der Waals surface area (Å²) in [6.07, 6.45) is -0.611. The number of methoxy groups -OCH3 is 1. The minimum Gasteiger partial charge on any atom is -0.493 e. The molecule has 1 aliphatic rings. The van der Waals surface area contributed by atoms with Crippen molar-refractivity contribution in [2.75, 3.05) is 32.1 Å². The second-order valence-corrected chi connectivity index (χ2v) is 4.30. The molecule has 0 aliphatic carbocycles. The van der Waals surface area contributed by atoms with Gasteiger partial charge in [0.25, 0.3) is 5.91 Å². The zero-order valence-corrected chi connectivity index (χ0v) is 11.4. The SMILES string of the molecule is COc1ccc(NC(=O)C2CNCCO2)cc1OC(F)F. The van der Waals surface area contributed by atoms with E-state index in [-0.39, 0.29) is 17.4 Å². The van der Waals surface area contributed by atoms with E-state index in [1.807, 2.05) is 0 Å². The van der Waals surface area contributed by atoms with E-state index < -0.39 is 12.7 Å². The first-order valence-electron chi connectivity index (χ1n) is 6.36. The third kappa shape index (κ3) is 4.27. The minimum atomic E-state index is -2.98. The fraction of sp³-hybridized carbons (Fsp3) is 0.462. The Labute approximate surface area is 120 Å². The van der Waals surface area contributed by atoms with Gasteiger partial charge in [0.2, 0.25) is 0 Å². The number of anilines is 1. The third-order valence-electron chi connectivity index (χ3n) is 2.87. The molecule has 0 spiro atoms. The van der Waals surface area contributed by atoms with E-state index in [2.05, 4.69) is 15.4 Å². The van der Waals surface area contributed by atoms with E-state index in [0.29, 0.717) is 25.4 Å². The Morgan fingerprint density at radius 2 is 2.29 bits per heavy atom. The van der Waals surface area contributed by atoms with E-state index in [0.717, 1.165) is 0 Å². The van der Waals surface area contributed by atoms with Crippen molar-refractivity contribution < 1.29 is 27.8 Å². The molecule has 1 aromatic rings. The van der Waals surface area contributed by atoms with Gasteiger partial charge in [-0.25, -0.2) is 0 Å². The van der Waals surface area contributed by atoms with Gasteiger partial charge in [-0.15, -0.1) is 0 Å². The molecule has 1 amide bonds. The van der Waals surface area contributed by atoms with Gasteiger partial charge in [-0.05, 0) is 12.1 Å². The predicted molar refractivity (Wildman–Crippen MR) is 70.9 cm³/mol. The second-order valence-electron chi connectivity index (χ2n) is 4.30. The van der Waals surface area contributed by atoms with Crippen LogP contribution in [0.2, 0.25) is 0 Å². The van der Waals surface area contributed by atoms with E-state index in [4.69, 9.17) is 9.47 Å². The quantitative estimate of drug-likeness (QED) is 0.856. The van der Waals surface area contributed by atoms with Crippen molar-refractivity contribution in [3.05, 3.63) is 18.2 Å². The summed E-state index contributed by atoms with van der Waals surface area (Å²) in [6.45, 7) is -1.43. The molecule has 1 heterocycles. The number of alkyl halides is 2. The number of carbonyl (C=O) groups is 1. The monoisotopic (exact) mass is 302 g/mol. The average molecular weight is 302 g/mol. The number of benzene rings is 1. The first kappa shape index (κ1) is 15.5. The molecule has 0 radical (unpaired) electrons. The van der Waals surface area contributed by atoms with Gasteiger partial charge in [-0.2, -0.15) is 8.78 Å². The van der Waals surface area contributed by atoms with E-state index in [9.17, 15) is 13.6 Å². The summed E-state index contributed by atoms with van der Waals surface area (Å²) in [5.74, 6) is -0.341. The van der Waals surface area contributed by atoms with Crippen LogP contribution >= 0.6 is 0 Å². The van der Waals surface area contributed by atoms with Crippen molar-refractivity contribution in [2.24, 2.45) is 0 Å². The molecule has 1 aliphatic heterocycles. The summed E-state index contributed by atoms with van der Waals surface area (Å²) in [5, 5.41) is 5.62. The number of ether oxygens (including phenoxy) is 3. The van der Waals surface area contributed by atoms with Gasteiger partial charge < -0.3 is 24.8 Å². The molecule has 1 unspecified atom stereocenters. The van der Waals surface area contributed by atoms with Gasteiger partial charge in [0, 0.05) is 24.8 Å². The largest absolute Gasteiger partial charge is 0.493 e. The molecular formula is C13H16F2N2O4. The van der Waals surface area contributed by atoms with Crippen LogP contribution in [-0.4, -0.2) is 45.4 Å². The van der Waals surface area contributed by atoms with Crippen molar-refractivity contribution in [1.29, 1.82) is 0 Å². The minimum absolute atomic E-state index is 0.145. The van der Waals surface area contributed by atoms with Crippen molar-refractivity contribution >= 4 is 11.6 Å². The molecule has 1 atom stereocenters. The van der Waals surface area contributed by atoms with Crippen LogP contribution in [0.5, 0.6) is 11.5 Å². The molecule has 1 aromatic carbocycles. The molecule has 6 nitrogen and oxygen atoms in total. The van der Waals surface area contributed by atoms with Gasteiger partial charge in [-0.3, -0.25) is 4.79 Å². The second kappa shape index (κ2) is 7.19. The lowest BCUT2D eigenvalue weighted by molar-refractivity contribution is -0.128. The zero-order chi connectivity index (χ0) is 15.2. The molecule has 2 rings (SSSR count). The summed E-state index contributed by atoms with van der Waals surface area (Å²) < 4.78 is 39.2. The smallest absolute Gasteiger partial charge is 0.387 e. The number of amides is 1. The number of rotatable bonds is 5. The average Bonchev–Trinajstić information content (AvgIpc) is 2.48. The summed E-state index contributed by atoms with van der Waals surface area (Å²) in [4.78, 5) is 12.0. The summed E-state index contributed by atoms with van der Waals surface area (Å²) in [5.41, 5.74) is 0.325. The van der Waals surface area contributed by atoms with Crippen molar-refractivity contribution in [3.8, 4) is 11.5 Å². The Balaban J connectivity index is 2.07. The van der Waals surface area contributed by atoms with Gasteiger partial charge in [-0.1, -0.05) is 0 Å². The highest BCUT2D eigenvalue weighted by atomic mass is 19.3. The molecule has 1 fully saturated rings. The number of carbonyl (C=O) groups excluding carboxylic acids is 1. The number of hydrogen-bond donors (Lipinski definition) is 2. The van der Waals surface area contributed by atoms with Crippen LogP contribution in [-0.2, 0) is 9.53 Å². The lowest BCUT2D eigenvalue weighted by Crippen LogP contribution is -2.45. The van der Waals surface area contributed by atoms with Crippen LogP contribution in [0.1, 0.15) is 0 Å². The molecular weight excluding hydrogens is 286 g/mol. The van der Waals surface area contributed by atoms with Gasteiger partial charge in [0.15, 0.2) is 11.5 Å². The van der Waals surface area contributed by atoms with Crippen LogP contribution in [0.15, 0.2) is 18.2 Å². The molecule has 21 heavy (non-hydrogen) atoms. The fourth-order valence-electron chi connectivity index (χ4n) is 1.90. The topological polar surface area (TPSA) is 68.8 Å². The lowest BCUT2D eigenvalue weighted by Gasteiger charge is -2.22. The van der Waals surface area contributed by atoms with E-state index in [1.165, 1.54) is 25.3 Å². The van der Waals surface area contributed by atoms with Crippen LogP contribution in [0.4, 0.5) is 14.5 Å². The summed E-state index contributed by atoms with van der Waals surface area (Å²) in [7, 11) is 1.34. The van der Waals surface area contributed by atoms with Crippen molar-refractivity contribution in [1.82, 2.24) is 5.32 Å². The predicted octanol–water partition coefficient (Wildman–Crippen LogP) is 1.22. The Hall–Kier alpha value is -1.93. The fourth-order valence-corrected chi connectivity index (χ4v) is 1.90. The van der Waals surface area contributed by atoms with Crippen LogP contribution in [0, 0.1) is 0 Å². The zero-order valence-electron chi connectivity index (χ0n) is 11.4. The molecule has 0 aromatic heterocycles. The van der Waals surface area contributed by atoms with Crippen LogP contribution < -0.4 is 20.1 Å². The van der Waals surface area contributed by atoms with Gasteiger partial charge in [0.1, 0.15) is 6.10 Å². The summed E-state index contributed by atoms with van der Waals surface area (Å²) >= 11 is 0. The Bertz CT molecular complexity index is 493. The Morgan fingerprint density at radius 1 is 1.48 bits per heavy atom. The number of nitrogens with one attached hydrogen (secondary N) is 2.